The normalized spacial score (nSPS) is 10.4. The third kappa shape index (κ3) is 4.66. The lowest BCUT2D eigenvalue weighted by molar-refractivity contribution is -0.144. The predicted molar refractivity (Wildman–Crippen MR) is 72.8 cm³/mol. The first-order valence-electron chi connectivity index (χ1n) is 5.88. The molecule has 0 aliphatic rings. The van der Waals surface area contributed by atoms with Gasteiger partial charge in [-0.2, -0.15) is 0 Å². The van der Waals surface area contributed by atoms with Crippen LogP contribution in [0.1, 0.15) is 24.5 Å². The average molecular weight is 324 g/mol. The van der Waals surface area contributed by atoms with E-state index in [4.69, 9.17) is 32.7 Å². The molecule has 0 aromatic carbocycles. The molecule has 20 heavy (non-hydrogen) atoms. The van der Waals surface area contributed by atoms with Gasteiger partial charge in [0.1, 0.15) is 0 Å². The van der Waals surface area contributed by atoms with Gasteiger partial charge >= 0.3 is 5.97 Å². The molecular weight excluding hydrogens is 309 g/mol. The van der Waals surface area contributed by atoms with Gasteiger partial charge < -0.3 is 14.8 Å². The summed E-state index contributed by atoms with van der Waals surface area (Å²) in [5, 5.41) is 2.59. The lowest BCUT2D eigenvalue weighted by atomic mass is 10.5. The quantitative estimate of drug-likeness (QED) is 0.607. The zero-order chi connectivity index (χ0) is 15.1. The van der Waals surface area contributed by atoms with E-state index in [9.17, 15) is 9.59 Å². The zero-order valence-corrected chi connectivity index (χ0v) is 12.6. The van der Waals surface area contributed by atoms with Crippen LogP contribution in [0, 0.1) is 0 Å². The minimum absolute atomic E-state index is 0.0299. The fourth-order valence-corrected chi connectivity index (χ4v) is 1.66. The van der Waals surface area contributed by atoms with E-state index in [1.54, 1.807) is 0 Å². The number of halogens is 2. The average Bonchev–Trinajstić information content (AvgIpc) is 2.68. The molecule has 0 atom stereocenters. The maximum Gasteiger partial charge on any atom is 0.304 e. The summed E-state index contributed by atoms with van der Waals surface area (Å²) in [4.78, 5) is 26.6. The molecule has 0 aliphatic heterocycles. The lowest BCUT2D eigenvalue weighted by Crippen LogP contribution is -2.30. The summed E-state index contributed by atoms with van der Waals surface area (Å²) >= 11 is 11.7. The molecule has 1 heterocycles. The molecule has 112 valence electrons. The predicted octanol–water partition coefficient (Wildman–Crippen LogP) is 1.48. The minimum Gasteiger partial charge on any atom is -0.444 e. The Morgan fingerprint density at radius 1 is 1.40 bits per heavy atom. The van der Waals surface area contributed by atoms with Gasteiger partial charge in [-0.3, -0.25) is 14.2 Å². The van der Waals surface area contributed by atoms with Gasteiger partial charge in [-0.25, -0.2) is 4.98 Å². The lowest BCUT2D eigenvalue weighted by Gasteiger charge is -2.09. The van der Waals surface area contributed by atoms with Crippen LogP contribution in [0.15, 0.2) is 0 Å². The van der Waals surface area contributed by atoms with Crippen LogP contribution in [-0.2, 0) is 21.0 Å². The number of hydrogen-bond donors (Lipinski definition) is 1. The van der Waals surface area contributed by atoms with Crippen molar-refractivity contribution >= 4 is 35.1 Å². The first-order chi connectivity index (χ1) is 9.47. The Morgan fingerprint density at radius 3 is 2.70 bits per heavy atom. The molecule has 9 heteroatoms. The molecule has 0 fully saturated rings. The van der Waals surface area contributed by atoms with Crippen LogP contribution in [0.2, 0.25) is 10.3 Å². The molecule has 1 aromatic heterocycles. The van der Waals surface area contributed by atoms with Crippen LogP contribution in [0.5, 0.6) is 0 Å². The highest BCUT2D eigenvalue weighted by Crippen LogP contribution is 2.22. The number of ether oxygens (including phenoxy) is 2. The topological polar surface area (TPSA) is 82.4 Å². The van der Waals surface area contributed by atoms with E-state index in [0.29, 0.717) is 19.8 Å². The van der Waals surface area contributed by atoms with Gasteiger partial charge in [0.15, 0.2) is 17.0 Å². The van der Waals surface area contributed by atoms with Gasteiger partial charge in [0, 0.05) is 20.1 Å². The number of amides is 1. The third-order valence-electron chi connectivity index (χ3n) is 2.20. The second-order valence-electron chi connectivity index (χ2n) is 3.66. The standard InChI is InChI=1S/C11H15Cl2N3O4/c1-3-19-5-4-14-11(18)10-15-8(12)9(13)16(10)6-20-7(2)17/h3-6H2,1-2H3,(H,14,18). The smallest absolute Gasteiger partial charge is 0.304 e. The van der Waals surface area contributed by atoms with Crippen molar-refractivity contribution in [3.8, 4) is 0 Å². The van der Waals surface area contributed by atoms with E-state index >= 15 is 0 Å². The Balaban J connectivity index is 2.74. The number of aromatic nitrogens is 2. The number of hydrogen-bond acceptors (Lipinski definition) is 5. The largest absolute Gasteiger partial charge is 0.444 e. The van der Waals surface area contributed by atoms with E-state index in [1.807, 2.05) is 6.92 Å². The maximum absolute atomic E-state index is 11.9. The molecule has 7 nitrogen and oxygen atoms in total. The molecular formula is C11H15Cl2N3O4. The highest BCUT2D eigenvalue weighted by molar-refractivity contribution is 6.40. The molecule has 0 spiro atoms. The summed E-state index contributed by atoms with van der Waals surface area (Å²) in [5.74, 6) is -1.02. The third-order valence-corrected chi connectivity index (χ3v) is 2.95. The van der Waals surface area contributed by atoms with E-state index in [0.717, 1.165) is 0 Å². The Morgan fingerprint density at radius 2 is 2.10 bits per heavy atom. The molecule has 0 saturated carbocycles. The van der Waals surface area contributed by atoms with Gasteiger partial charge in [0.05, 0.1) is 6.61 Å². The van der Waals surface area contributed by atoms with E-state index in [2.05, 4.69) is 10.3 Å². The SMILES string of the molecule is CCOCCNC(=O)c1nc(Cl)c(Cl)n1COC(C)=O. The fourth-order valence-electron chi connectivity index (χ4n) is 1.31. The Labute approximate surface area is 126 Å². The molecule has 1 rings (SSSR count). The van der Waals surface area contributed by atoms with Crippen molar-refractivity contribution in [1.29, 1.82) is 0 Å². The molecule has 0 bridgehead atoms. The van der Waals surface area contributed by atoms with Crippen LogP contribution < -0.4 is 5.32 Å². The molecule has 1 N–H and O–H groups in total. The van der Waals surface area contributed by atoms with E-state index in [-0.39, 0.29) is 22.9 Å². The molecule has 0 radical (unpaired) electrons. The Bertz CT molecular complexity index is 490. The Kier molecular flexibility index (Phi) is 6.77. The molecule has 0 saturated heterocycles. The zero-order valence-electron chi connectivity index (χ0n) is 11.1. The number of nitrogens with zero attached hydrogens (tertiary/aromatic N) is 2. The van der Waals surface area contributed by atoms with Crippen molar-refractivity contribution in [2.24, 2.45) is 0 Å². The number of esters is 1. The second-order valence-corrected chi connectivity index (χ2v) is 4.38. The number of rotatable bonds is 7. The van der Waals surface area contributed by atoms with Crippen molar-refractivity contribution < 1.29 is 19.1 Å². The van der Waals surface area contributed by atoms with Crippen LogP contribution in [0.25, 0.3) is 0 Å². The van der Waals surface area contributed by atoms with Gasteiger partial charge in [0.2, 0.25) is 5.82 Å². The first kappa shape index (κ1) is 16.7. The van der Waals surface area contributed by atoms with E-state index in [1.165, 1.54) is 11.5 Å². The fraction of sp³-hybridized carbons (Fsp3) is 0.545. The highest BCUT2D eigenvalue weighted by Gasteiger charge is 2.20. The number of carbonyl (C=O) groups is 2. The highest BCUT2D eigenvalue weighted by atomic mass is 35.5. The number of imidazole rings is 1. The van der Waals surface area contributed by atoms with E-state index < -0.39 is 11.9 Å². The maximum atomic E-state index is 11.9. The summed E-state index contributed by atoms with van der Waals surface area (Å²) in [5.41, 5.74) is 0. The van der Waals surface area contributed by atoms with Crippen LogP contribution in [0.3, 0.4) is 0 Å². The van der Waals surface area contributed by atoms with Gasteiger partial charge in [-0.15, -0.1) is 0 Å². The van der Waals surface area contributed by atoms with Gasteiger partial charge in [-0.05, 0) is 6.92 Å². The van der Waals surface area contributed by atoms with Crippen molar-refractivity contribution in [1.82, 2.24) is 14.9 Å². The number of nitrogens with one attached hydrogen (secondary N) is 1. The summed E-state index contributed by atoms with van der Waals surface area (Å²) < 4.78 is 11.1. The summed E-state index contributed by atoms with van der Waals surface area (Å²) in [7, 11) is 0. The van der Waals surface area contributed by atoms with Crippen LogP contribution >= 0.6 is 23.2 Å². The van der Waals surface area contributed by atoms with Crippen molar-refractivity contribution in [3.63, 3.8) is 0 Å². The van der Waals surface area contributed by atoms with Crippen molar-refractivity contribution in [3.05, 3.63) is 16.1 Å². The summed E-state index contributed by atoms with van der Waals surface area (Å²) in [6, 6.07) is 0. The number of carbonyl (C=O) groups excluding carboxylic acids is 2. The summed E-state index contributed by atoms with van der Waals surface area (Å²) in [6.07, 6.45) is 0. The molecule has 0 aliphatic carbocycles. The van der Waals surface area contributed by atoms with Crippen LogP contribution in [0.4, 0.5) is 0 Å². The minimum atomic E-state index is -0.506. The molecule has 0 unspecified atom stereocenters. The van der Waals surface area contributed by atoms with Crippen LogP contribution in [-0.4, -0.2) is 41.2 Å². The Hall–Kier alpha value is -1.31. The van der Waals surface area contributed by atoms with Gasteiger partial charge in [-0.1, -0.05) is 23.2 Å². The van der Waals surface area contributed by atoms with Crippen molar-refractivity contribution in [2.45, 2.75) is 20.6 Å². The van der Waals surface area contributed by atoms with Crippen molar-refractivity contribution in [2.75, 3.05) is 19.8 Å². The monoisotopic (exact) mass is 323 g/mol. The summed E-state index contributed by atoms with van der Waals surface area (Å²) in [6.45, 7) is 4.13. The molecule has 1 aromatic rings. The first-order valence-corrected chi connectivity index (χ1v) is 6.63. The second kappa shape index (κ2) is 8.08. The molecule has 1 amide bonds. The van der Waals surface area contributed by atoms with Gasteiger partial charge in [0.25, 0.3) is 5.91 Å².